The number of terminal acetylenes is 1. The first-order valence-corrected chi connectivity index (χ1v) is 13.5. The van der Waals surface area contributed by atoms with E-state index in [9.17, 15) is 4.39 Å². The predicted octanol–water partition coefficient (Wildman–Crippen LogP) is 4.80. The zero-order valence-electron chi connectivity index (χ0n) is 21.3. The number of pyridine rings is 1. The van der Waals surface area contributed by atoms with Gasteiger partial charge in [-0.3, -0.25) is 0 Å². The fourth-order valence-electron chi connectivity index (χ4n) is 5.06. The molecule has 4 heterocycles. The lowest BCUT2D eigenvalue weighted by atomic mass is 9.95. The third-order valence-corrected chi connectivity index (χ3v) is 7.35. The van der Waals surface area contributed by atoms with Gasteiger partial charge < -0.3 is 23.8 Å². The lowest BCUT2D eigenvalue weighted by Crippen LogP contribution is -2.41. The van der Waals surface area contributed by atoms with Gasteiger partial charge in [-0.1, -0.05) is 23.7 Å². The minimum atomic E-state index is -0.696. The molecule has 4 aromatic rings. The summed E-state index contributed by atoms with van der Waals surface area (Å²) in [6, 6.07) is 5.96. The first-order valence-electron chi connectivity index (χ1n) is 12.3. The van der Waals surface area contributed by atoms with E-state index in [1.54, 1.807) is 18.2 Å². The minimum Gasteiger partial charge on any atom is -0.475 e. The van der Waals surface area contributed by atoms with Crippen LogP contribution < -0.4 is 14.4 Å². The average molecular weight is 551 g/mol. The highest BCUT2D eigenvalue weighted by Gasteiger charge is 2.33. The van der Waals surface area contributed by atoms with Crippen molar-refractivity contribution in [1.29, 1.82) is 0 Å². The lowest BCUT2D eigenvalue weighted by Gasteiger charge is -2.28. The van der Waals surface area contributed by atoms with Gasteiger partial charge in [0.25, 0.3) is 0 Å². The van der Waals surface area contributed by atoms with Gasteiger partial charge >= 0.3 is 0 Å². The molecule has 0 aliphatic carbocycles. The van der Waals surface area contributed by atoms with Crippen molar-refractivity contribution in [3.05, 3.63) is 41.5 Å². The Morgan fingerprint density at radius 2 is 2.05 bits per heavy atom. The molecular formula is C28H24F2N4O4S. The first kappa shape index (κ1) is 25.6. The molecule has 1 saturated heterocycles. The molecule has 0 bridgehead atoms. The number of fused-ring (bicyclic) bond motifs is 3. The van der Waals surface area contributed by atoms with Gasteiger partial charge in [0.2, 0.25) is 5.88 Å². The standard InChI is InChI=1S/C28H24F2N4O4S/c1-4-18-20(29)7-6-15-10-17(38-14-35-2)11-19(21(15)18)24-23(30)25-22-26(33-28(32-25)39-3)34-8-5-9-36-12-16(34)13-37-27(22)31-24/h1,6-7,10-11,16H,5,8-9,12-14H2,2-3H3/t16-/m0/s1. The van der Waals surface area contributed by atoms with Gasteiger partial charge in [0, 0.05) is 31.2 Å². The summed E-state index contributed by atoms with van der Waals surface area (Å²) in [5.74, 6) is 2.24. The van der Waals surface area contributed by atoms with Crippen molar-refractivity contribution in [1.82, 2.24) is 15.0 Å². The molecule has 0 amide bonds. The maximum absolute atomic E-state index is 16.6. The molecule has 0 N–H and O–H groups in total. The molecule has 0 unspecified atom stereocenters. The lowest BCUT2D eigenvalue weighted by molar-refractivity contribution is 0.0512. The Hall–Kier alpha value is -3.72. The monoisotopic (exact) mass is 550 g/mol. The number of aromatic nitrogens is 3. The Labute approximate surface area is 227 Å². The average Bonchev–Trinajstić information content (AvgIpc) is 3.27. The van der Waals surface area contributed by atoms with Crippen LogP contribution in [0.25, 0.3) is 32.9 Å². The van der Waals surface area contributed by atoms with Crippen LogP contribution >= 0.6 is 11.8 Å². The van der Waals surface area contributed by atoms with Crippen molar-refractivity contribution >= 4 is 39.3 Å². The minimum absolute atomic E-state index is 0.00687. The number of halogens is 2. The van der Waals surface area contributed by atoms with Crippen LogP contribution in [-0.2, 0) is 9.47 Å². The summed E-state index contributed by atoms with van der Waals surface area (Å²) in [5.41, 5.74) is 0.216. The van der Waals surface area contributed by atoms with Crippen LogP contribution in [0.2, 0.25) is 0 Å². The number of anilines is 1. The highest BCUT2D eigenvalue weighted by molar-refractivity contribution is 7.98. The fourth-order valence-corrected chi connectivity index (χ4v) is 5.42. The quantitative estimate of drug-likeness (QED) is 0.151. The highest BCUT2D eigenvalue weighted by Crippen LogP contribution is 2.43. The molecule has 1 atom stereocenters. The number of methoxy groups -OCH3 is 1. The molecule has 8 nitrogen and oxygen atoms in total. The van der Waals surface area contributed by atoms with Crippen molar-refractivity contribution < 1.29 is 27.7 Å². The summed E-state index contributed by atoms with van der Waals surface area (Å²) in [5, 5.41) is 1.68. The van der Waals surface area contributed by atoms with Crippen molar-refractivity contribution in [3.8, 4) is 35.2 Å². The molecule has 2 aromatic carbocycles. The summed E-state index contributed by atoms with van der Waals surface area (Å²) >= 11 is 1.31. The van der Waals surface area contributed by atoms with E-state index in [0.717, 1.165) is 6.42 Å². The van der Waals surface area contributed by atoms with E-state index in [-0.39, 0.29) is 47.7 Å². The summed E-state index contributed by atoms with van der Waals surface area (Å²) in [7, 11) is 1.49. The number of hydrogen-bond acceptors (Lipinski definition) is 9. The molecule has 0 radical (unpaired) electrons. The SMILES string of the molecule is C#Cc1c(F)ccc2cc(OCOC)cc(-c3nc4c5c(nc(SC)nc5c3F)N3CCCOC[C@H]3CO4)c12. The molecule has 6 rings (SSSR count). The largest absolute Gasteiger partial charge is 0.475 e. The van der Waals surface area contributed by atoms with Gasteiger partial charge in [-0.2, -0.15) is 0 Å². The Kier molecular flexibility index (Phi) is 6.85. The normalized spacial score (nSPS) is 16.8. The van der Waals surface area contributed by atoms with Gasteiger partial charge in [0.1, 0.15) is 40.6 Å². The molecule has 11 heteroatoms. The van der Waals surface area contributed by atoms with Gasteiger partial charge in [0.05, 0.1) is 18.2 Å². The summed E-state index contributed by atoms with van der Waals surface area (Å²) in [4.78, 5) is 16.0. The second kappa shape index (κ2) is 10.4. The molecular weight excluding hydrogens is 526 g/mol. The van der Waals surface area contributed by atoms with Crippen LogP contribution in [0.5, 0.6) is 11.6 Å². The number of ether oxygens (including phenoxy) is 4. The van der Waals surface area contributed by atoms with E-state index < -0.39 is 11.6 Å². The molecule has 200 valence electrons. The zero-order valence-corrected chi connectivity index (χ0v) is 22.1. The summed E-state index contributed by atoms with van der Waals surface area (Å²) in [6.07, 6.45) is 8.34. The number of rotatable bonds is 5. The van der Waals surface area contributed by atoms with Crippen molar-refractivity contribution in [2.24, 2.45) is 0 Å². The van der Waals surface area contributed by atoms with Gasteiger partial charge in [-0.25, -0.2) is 23.7 Å². The molecule has 2 aliphatic heterocycles. The number of thioether (sulfide) groups is 1. The first-order chi connectivity index (χ1) is 19.0. The van der Waals surface area contributed by atoms with Crippen LogP contribution in [0, 0.1) is 24.0 Å². The highest BCUT2D eigenvalue weighted by atomic mass is 32.2. The third-order valence-electron chi connectivity index (χ3n) is 6.80. The summed E-state index contributed by atoms with van der Waals surface area (Å²) in [6.45, 7) is 1.96. The Morgan fingerprint density at radius 3 is 2.85 bits per heavy atom. The second-order valence-electron chi connectivity index (χ2n) is 9.11. The molecule has 1 fully saturated rings. The van der Waals surface area contributed by atoms with Gasteiger partial charge in [0.15, 0.2) is 17.8 Å². The van der Waals surface area contributed by atoms with Crippen LogP contribution in [0.3, 0.4) is 0 Å². The maximum Gasteiger partial charge on any atom is 0.227 e. The smallest absolute Gasteiger partial charge is 0.227 e. The topological polar surface area (TPSA) is 78.8 Å². The van der Waals surface area contributed by atoms with Crippen molar-refractivity contribution in [2.75, 3.05) is 51.4 Å². The van der Waals surface area contributed by atoms with E-state index in [1.165, 1.54) is 24.9 Å². The van der Waals surface area contributed by atoms with Crippen LogP contribution in [0.4, 0.5) is 14.6 Å². The molecule has 0 saturated carbocycles. The second-order valence-corrected chi connectivity index (χ2v) is 9.88. The van der Waals surface area contributed by atoms with Gasteiger partial charge in [-0.15, -0.1) is 6.42 Å². The molecule has 2 aliphatic rings. The van der Waals surface area contributed by atoms with E-state index in [4.69, 9.17) is 30.4 Å². The Bertz CT molecular complexity index is 1640. The van der Waals surface area contributed by atoms with Crippen molar-refractivity contribution in [3.63, 3.8) is 0 Å². The molecule has 0 spiro atoms. The fraction of sp³-hybridized carbons (Fsp3) is 0.321. The van der Waals surface area contributed by atoms with Crippen LogP contribution in [-0.4, -0.2) is 67.5 Å². The third kappa shape index (κ3) is 4.38. The van der Waals surface area contributed by atoms with Crippen molar-refractivity contribution in [2.45, 2.75) is 17.6 Å². The van der Waals surface area contributed by atoms with Gasteiger partial charge in [-0.05, 0) is 36.3 Å². The summed E-state index contributed by atoms with van der Waals surface area (Å²) < 4.78 is 54.1. The van der Waals surface area contributed by atoms with Crippen LogP contribution in [0.15, 0.2) is 29.4 Å². The number of nitrogens with zero attached hydrogens (tertiary/aromatic N) is 4. The Morgan fingerprint density at radius 1 is 1.18 bits per heavy atom. The number of benzene rings is 2. The maximum atomic E-state index is 16.6. The van der Waals surface area contributed by atoms with E-state index in [1.807, 2.05) is 6.26 Å². The number of hydrogen-bond donors (Lipinski definition) is 0. The van der Waals surface area contributed by atoms with Crippen LogP contribution in [0.1, 0.15) is 12.0 Å². The van der Waals surface area contributed by atoms with E-state index in [0.29, 0.717) is 52.6 Å². The molecule has 2 aromatic heterocycles. The Balaban J connectivity index is 1.67. The molecule has 39 heavy (non-hydrogen) atoms. The zero-order chi connectivity index (χ0) is 27.1. The predicted molar refractivity (Wildman–Crippen MR) is 144 cm³/mol. The van der Waals surface area contributed by atoms with E-state index >= 15 is 4.39 Å². The van der Waals surface area contributed by atoms with E-state index in [2.05, 4.69) is 20.8 Å².